The fourth-order valence-electron chi connectivity index (χ4n) is 0.845. The Labute approximate surface area is 83.5 Å². The summed E-state index contributed by atoms with van der Waals surface area (Å²) in [6.07, 6.45) is -0.467. The van der Waals surface area contributed by atoms with Crippen molar-refractivity contribution >= 4 is 17.7 Å². The molecule has 4 heteroatoms. The molecular weight excluding hydrogens is 188 g/mol. The van der Waals surface area contributed by atoms with Gasteiger partial charge in [-0.1, -0.05) is 20.8 Å². The van der Waals surface area contributed by atoms with E-state index in [2.05, 4.69) is 0 Å². The minimum absolute atomic E-state index is 0.0384. The zero-order valence-corrected chi connectivity index (χ0v) is 9.34. The lowest BCUT2D eigenvalue weighted by atomic mass is 10.1. The average Bonchev–Trinajstić information content (AvgIpc) is 1.97. The minimum Gasteiger partial charge on any atom is -0.480 e. The van der Waals surface area contributed by atoms with E-state index in [0.717, 1.165) is 0 Å². The van der Waals surface area contributed by atoms with Crippen molar-refractivity contribution in [2.24, 2.45) is 5.92 Å². The lowest BCUT2D eigenvalue weighted by molar-refractivity contribution is -0.137. The Balaban J connectivity index is 4.18. The van der Waals surface area contributed by atoms with Gasteiger partial charge in [0.25, 0.3) is 0 Å². The maximum absolute atomic E-state index is 10.8. The Bertz CT molecular complexity index is 168. The molecule has 0 aliphatic heterocycles. The summed E-state index contributed by atoms with van der Waals surface area (Å²) in [4.78, 5) is 10.8. The Kier molecular flexibility index (Phi) is 5.40. The summed E-state index contributed by atoms with van der Waals surface area (Å²) in [5.41, 5.74) is 0. The van der Waals surface area contributed by atoms with Gasteiger partial charge in [0.1, 0.15) is 5.25 Å². The number of aliphatic hydroxyl groups is 1. The zero-order valence-electron chi connectivity index (χ0n) is 8.52. The number of carbonyl (C=O) groups is 1. The standard InChI is InChI=1S/C9H18O3S/c1-5(2)8(9(11)12)13-7(4)6(3)10/h5-8,10H,1-4H3,(H,11,12). The number of rotatable bonds is 5. The van der Waals surface area contributed by atoms with Crippen LogP contribution in [0.15, 0.2) is 0 Å². The first-order valence-electron chi connectivity index (χ1n) is 4.42. The molecule has 13 heavy (non-hydrogen) atoms. The van der Waals surface area contributed by atoms with Crippen molar-refractivity contribution in [2.45, 2.75) is 44.3 Å². The van der Waals surface area contributed by atoms with Gasteiger partial charge in [-0.15, -0.1) is 11.8 Å². The van der Waals surface area contributed by atoms with E-state index in [4.69, 9.17) is 5.11 Å². The van der Waals surface area contributed by atoms with Crippen LogP contribution in [0.25, 0.3) is 0 Å². The summed E-state index contributed by atoms with van der Waals surface area (Å²) in [7, 11) is 0. The summed E-state index contributed by atoms with van der Waals surface area (Å²) < 4.78 is 0. The molecule has 3 unspecified atom stereocenters. The number of hydrogen-bond acceptors (Lipinski definition) is 3. The van der Waals surface area contributed by atoms with E-state index in [-0.39, 0.29) is 11.2 Å². The van der Waals surface area contributed by atoms with Crippen molar-refractivity contribution in [1.82, 2.24) is 0 Å². The fourth-order valence-corrected chi connectivity index (χ4v) is 1.97. The van der Waals surface area contributed by atoms with Crippen LogP contribution in [-0.4, -0.2) is 32.8 Å². The summed E-state index contributed by atoms with van der Waals surface area (Å²) in [5.74, 6) is -0.712. The largest absolute Gasteiger partial charge is 0.480 e. The zero-order chi connectivity index (χ0) is 10.6. The minimum atomic E-state index is -0.799. The molecule has 3 atom stereocenters. The highest BCUT2D eigenvalue weighted by Crippen LogP contribution is 2.26. The van der Waals surface area contributed by atoms with Crippen molar-refractivity contribution in [3.63, 3.8) is 0 Å². The van der Waals surface area contributed by atoms with Crippen LogP contribution < -0.4 is 0 Å². The predicted octanol–water partition coefficient (Wildman–Crippen LogP) is 1.60. The molecule has 0 aromatic carbocycles. The molecule has 0 fully saturated rings. The maximum atomic E-state index is 10.8. The second-order valence-electron chi connectivity index (χ2n) is 3.58. The molecule has 2 N–H and O–H groups in total. The highest BCUT2D eigenvalue weighted by atomic mass is 32.2. The topological polar surface area (TPSA) is 57.5 Å². The van der Waals surface area contributed by atoms with Crippen LogP contribution in [0.3, 0.4) is 0 Å². The number of aliphatic hydroxyl groups excluding tert-OH is 1. The molecule has 0 aromatic rings. The van der Waals surface area contributed by atoms with Crippen LogP contribution in [0.1, 0.15) is 27.7 Å². The molecule has 0 aliphatic carbocycles. The average molecular weight is 206 g/mol. The number of carboxylic acids is 1. The number of aliphatic carboxylic acids is 1. The van der Waals surface area contributed by atoms with Gasteiger partial charge in [-0.25, -0.2) is 0 Å². The molecule has 0 spiro atoms. The molecule has 78 valence electrons. The van der Waals surface area contributed by atoms with Gasteiger partial charge in [0.15, 0.2) is 0 Å². The molecule has 0 bridgehead atoms. The first-order valence-corrected chi connectivity index (χ1v) is 5.36. The fraction of sp³-hybridized carbons (Fsp3) is 0.889. The number of carboxylic acid groups (broad SMARTS) is 1. The third-order valence-electron chi connectivity index (χ3n) is 1.89. The molecule has 0 saturated heterocycles. The smallest absolute Gasteiger partial charge is 0.316 e. The molecule has 0 rings (SSSR count). The SMILES string of the molecule is CC(C)C(SC(C)C(C)O)C(=O)O. The van der Waals surface area contributed by atoms with Gasteiger partial charge in [-0.05, 0) is 12.8 Å². The molecule has 0 aromatic heterocycles. The molecular formula is C9H18O3S. The van der Waals surface area contributed by atoms with Gasteiger partial charge in [0, 0.05) is 5.25 Å². The normalized spacial score (nSPS) is 18.3. The van der Waals surface area contributed by atoms with Crippen molar-refractivity contribution in [3.8, 4) is 0 Å². The van der Waals surface area contributed by atoms with Crippen molar-refractivity contribution in [3.05, 3.63) is 0 Å². The lowest BCUT2D eigenvalue weighted by Crippen LogP contribution is -2.28. The van der Waals surface area contributed by atoms with Gasteiger partial charge < -0.3 is 10.2 Å². The maximum Gasteiger partial charge on any atom is 0.316 e. The van der Waals surface area contributed by atoms with Gasteiger partial charge in [0.2, 0.25) is 0 Å². The molecule has 0 amide bonds. The summed E-state index contributed by atoms with van der Waals surface area (Å²) in [5, 5.41) is 17.6. The lowest BCUT2D eigenvalue weighted by Gasteiger charge is -2.21. The Morgan fingerprint density at radius 1 is 1.23 bits per heavy atom. The molecule has 0 radical (unpaired) electrons. The highest BCUT2D eigenvalue weighted by Gasteiger charge is 2.25. The van der Waals surface area contributed by atoms with Crippen LogP contribution in [0.4, 0.5) is 0 Å². The van der Waals surface area contributed by atoms with E-state index in [1.165, 1.54) is 11.8 Å². The third kappa shape index (κ3) is 4.52. The first kappa shape index (κ1) is 12.8. The van der Waals surface area contributed by atoms with Crippen LogP contribution in [0.5, 0.6) is 0 Å². The number of hydrogen-bond donors (Lipinski definition) is 2. The van der Waals surface area contributed by atoms with Gasteiger partial charge >= 0.3 is 5.97 Å². The molecule has 3 nitrogen and oxygen atoms in total. The van der Waals surface area contributed by atoms with Crippen LogP contribution >= 0.6 is 11.8 Å². The Morgan fingerprint density at radius 3 is 1.92 bits per heavy atom. The first-order chi connectivity index (χ1) is 5.86. The summed E-state index contributed by atoms with van der Waals surface area (Å²) in [6.45, 7) is 7.27. The van der Waals surface area contributed by atoms with Crippen molar-refractivity contribution in [1.29, 1.82) is 0 Å². The van der Waals surface area contributed by atoms with Crippen molar-refractivity contribution in [2.75, 3.05) is 0 Å². The highest BCUT2D eigenvalue weighted by molar-refractivity contribution is 8.01. The monoisotopic (exact) mass is 206 g/mol. The second-order valence-corrected chi connectivity index (χ2v) is 5.11. The molecule has 0 aliphatic rings. The third-order valence-corrected chi connectivity index (χ3v) is 3.75. The van der Waals surface area contributed by atoms with Crippen LogP contribution in [0.2, 0.25) is 0 Å². The van der Waals surface area contributed by atoms with E-state index in [1.54, 1.807) is 6.92 Å². The van der Waals surface area contributed by atoms with E-state index >= 15 is 0 Å². The molecule has 0 saturated carbocycles. The quantitative estimate of drug-likeness (QED) is 0.717. The van der Waals surface area contributed by atoms with E-state index in [1.807, 2.05) is 20.8 Å². The number of thioether (sulfide) groups is 1. The van der Waals surface area contributed by atoms with Gasteiger partial charge in [-0.2, -0.15) is 0 Å². The van der Waals surface area contributed by atoms with Crippen molar-refractivity contribution < 1.29 is 15.0 Å². The summed E-state index contributed by atoms with van der Waals surface area (Å²) in [6, 6.07) is 0. The van der Waals surface area contributed by atoms with Gasteiger partial charge in [0.05, 0.1) is 6.10 Å². The summed E-state index contributed by atoms with van der Waals surface area (Å²) >= 11 is 1.32. The van der Waals surface area contributed by atoms with Crippen LogP contribution in [0, 0.1) is 5.92 Å². The van der Waals surface area contributed by atoms with E-state index < -0.39 is 17.3 Å². The molecule has 0 heterocycles. The van der Waals surface area contributed by atoms with E-state index in [9.17, 15) is 9.90 Å². The van der Waals surface area contributed by atoms with Gasteiger partial charge in [-0.3, -0.25) is 4.79 Å². The predicted molar refractivity (Wildman–Crippen MR) is 55.0 cm³/mol. The second kappa shape index (κ2) is 5.50. The Morgan fingerprint density at radius 2 is 1.69 bits per heavy atom. The van der Waals surface area contributed by atoms with E-state index in [0.29, 0.717) is 0 Å². The van der Waals surface area contributed by atoms with Crippen LogP contribution in [-0.2, 0) is 4.79 Å². The Hall–Kier alpha value is -0.220.